The van der Waals surface area contributed by atoms with Crippen LogP contribution in [0.15, 0.2) is 22.7 Å². The lowest BCUT2D eigenvalue weighted by molar-refractivity contribution is 0.232. The van der Waals surface area contributed by atoms with E-state index in [0.717, 1.165) is 5.56 Å². The van der Waals surface area contributed by atoms with Gasteiger partial charge in [-0.05, 0) is 25.0 Å². The Morgan fingerprint density at radius 3 is 2.90 bits per heavy atom. The van der Waals surface area contributed by atoms with E-state index >= 15 is 0 Å². The predicted octanol–water partition coefficient (Wildman–Crippen LogP) is 2.24. The van der Waals surface area contributed by atoms with Gasteiger partial charge in [0.25, 0.3) is 5.89 Å². The van der Waals surface area contributed by atoms with E-state index in [2.05, 4.69) is 10.1 Å². The minimum Gasteiger partial charge on any atom is -0.480 e. The summed E-state index contributed by atoms with van der Waals surface area (Å²) in [6.07, 6.45) is 1.22. The van der Waals surface area contributed by atoms with E-state index in [1.807, 2.05) is 13.8 Å². The van der Waals surface area contributed by atoms with Crippen molar-refractivity contribution in [3.63, 3.8) is 0 Å². The number of benzene rings is 1. The van der Waals surface area contributed by atoms with Crippen molar-refractivity contribution in [1.29, 1.82) is 0 Å². The molecule has 108 valence electrons. The molecule has 0 aliphatic rings. The van der Waals surface area contributed by atoms with Gasteiger partial charge in [-0.3, -0.25) is 0 Å². The van der Waals surface area contributed by atoms with Crippen LogP contribution in [0.2, 0.25) is 0 Å². The third-order valence-electron chi connectivity index (χ3n) is 2.76. The summed E-state index contributed by atoms with van der Waals surface area (Å²) < 4.78 is 24.3. The quantitative estimate of drug-likeness (QED) is 0.877. The summed E-state index contributed by atoms with van der Waals surface area (Å²) >= 11 is 0. The van der Waals surface area contributed by atoms with E-state index in [1.54, 1.807) is 12.1 Å². The van der Waals surface area contributed by atoms with Gasteiger partial charge < -0.3 is 15.0 Å². The van der Waals surface area contributed by atoms with Crippen LogP contribution in [0.5, 0.6) is 5.75 Å². The van der Waals surface area contributed by atoms with Gasteiger partial charge in [0.15, 0.2) is 24.0 Å². The lowest BCUT2D eigenvalue weighted by Gasteiger charge is -2.12. The normalized spacial score (nSPS) is 12.4. The molecule has 0 bridgehead atoms. The zero-order valence-electron chi connectivity index (χ0n) is 11.6. The van der Waals surface area contributed by atoms with Gasteiger partial charge in [0.05, 0.1) is 0 Å². The standard InChI is InChI=1S/C14H18FN3O2/c1-3-12-17-13(20-18-12)8-19-14-10(7-9(2)16)5-4-6-11(14)15/h4-6,9H,3,7-8,16H2,1-2H3. The first-order chi connectivity index (χ1) is 9.60. The van der Waals surface area contributed by atoms with Crippen LogP contribution in [0, 0.1) is 5.82 Å². The van der Waals surface area contributed by atoms with Crippen LogP contribution in [-0.4, -0.2) is 16.2 Å². The zero-order valence-corrected chi connectivity index (χ0v) is 11.6. The van der Waals surface area contributed by atoms with Gasteiger partial charge in [-0.1, -0.05) is 24.2 Å². The van der Waals surface area contributed by atoms with Crippen LogP contribution < -0.4 is 10.5 Å². The van der Waals surface area contributed by atoms with E-state index in [4.69, 9.17) is 15.0 Å². The predicted molar refractivity (Wildman–Crippen MR) is 71.8 cm³/mol. The van der Waals surface area contributed by atoms with Crippen molar-refractivity contribution < 1.29 is 13.7 Å². The number of rotatable bonds is 6. The second kappa shape index (κ2) is 6.47. The molecule has 1 heterocycles. The van der Waals surface area contributed by atoms with Crippen molar-refractivity contribution in [2.24, 2.45) is 5.73 Å². The Morgan fingerprint density at radius 1 is 1.45 bits per heavy atom. The molecule has 0 fully saturated rings. The third-order valence-corrected chi connectivity index (χ3v) is 2.76. The molecule has 1 aromatic carbocycles. The number of hydrogen-bond donors (Lipinski definition) is 1. The highest BCUT2D eigenvalue weighted by Crippen LogP contribution is 2.24. The molecular formula is C14H18FN3O2. The number of aromatic nitrogens is 2. The summed E-state index contributed by atoms with van der Waals surface area (Å²) in [7, 11) is 0. The van der Waals surface area contributed by atoms with Crippen LogP contribution in [0.1, 0.15) is 31.1 Å². The maximum atomic E-state index is 13.8. The fraction of sp³-hybridized carbons (Fsp3) is 0.429. The molecule has 2 aromatic rings. The van der Waals surface area contributed by atoms with Crippen molar-refractivity contribution >= 4 is 0 Å². The Bertz CT molecular complexity index is 569. The zero-order chi connectivity index (χ0) is 14.5. The van der Waals surface area contributed by atoms with Crippen LogP contribution >= 0.6 is 0 Å². The Hall–Kier alpha value is -1.95. The lowest BCUT2D eigenvalue weighted by Crippen LogP contribution is -2.18. The fourth-order valence-corrected chi connectivity index (χ4v) is 1.85. The molecule has 0 radical (unpaired) electrons. The molecule has 1 aromatic heterocycles. The molecule has 1 atom stereocenters. The van der Waals surface area contributed by atoms with E-state index in [9.17, 15) is 4.39 Å². The Morgan fingerprint density at radius 2 is 2.25 bits per heavy atom. The monoisotopic (exact) mass is 279 g/mol. The second-order valence-electron chi connectivity index (χ2n) is 4.66. The van der Waals surface area contributed by atoms with Gasteiger partial charge >= 0.3 is 0 Å². The maximum absolute atomic E-state index is 13.8. The molecule has 0 saturated carbocycles. The molecule has 5 nitrogen and oxygen atoms in total. The van der Waals surface area contributed by atoms with Crippen molar-refractivity contribution in [2.45, 2.75) is 39.3 Å². The molecule has 20 heavy (non-hydrogen) atoms. The van der Waals surface area contributed by atoms with Gasteiger partial charge in [-0.15, -0.1) is 0 Å². The molecule has 0 aliphatic carbocycles. The van der Waals surface area contributed by atoms with Gasteiger partial charge in [-0.2, -0.15) is 4.98 Å². The van der Waals surface area contributed by atoms with E-state index in [0.29, 0.717) is 24.6 Å². The van der Waals surface area contributed by atoms with Crippen LogP contribution in [0.3, 0.4) is 0 Å². The summed E-state index contributed by atoms with van der Waals surface area (Å²) in [5.74, 6) is 0.712. The summed E-state index contributed by atoms with van der Waals surface area (Å²) in [4.78, 5) is 4.11. The molecule has 1 unspecified atom stereocenters. The van der Waals surface area contributed by atoms with Gasteiger partial charge in [0.2, 0.25) is 0 Å². The van der Waals surface area contributed by atoms with Crippen LogP contribution in [-0.2, 0) is 19.4 Å². The summed E-state index contributed by atoms with van der Waals surface area (Å²) in [6, 6.07) is 4.72. The smallest absolute Gasteiger partial charge is 0.264 e. The molecule has 0 saturated heterocycles. The van der Waals surface area contributed by atoms with Crippen LogP contribution in [0.4, 0.5) is 4.39 Å². The first kappa shape index (κ1) is 14.5. The number of nitrogens with two attached hydrogens (primary N) is 1. The first-order valence-electron chi connectivity index (χ1n) is 6.57. The molecular weight excluding hydrogens is 261 g/mol. The van der Waals surface area contributed by atoms with Crippen molar-refractivity contribution in [3.05, 3.63) is 41.3 Å². The van der Waals surface area contributed by atoms with E-state index in [-0.39, 0.29) is 18.4 Å². The molecule has 2 N–H and O–H groups in total. The third kappa shape index (κ3) is 3.54. The molecule has 0 aliphatic heterocycles. The summed E-state index contributed by atoms with van der Waals surface area (Å²) in [5.41, 5.74) is 6.48. The Labute approximate surface area is 116 Å². The van der Waals surface area contributed by atoms with Crippen molar-refractivity contribution in [2.75, 3.05) is 0 Å². The SMILES string of the molecule is CCc1noc(COc2c(F)cccc2CC(C)N)n1. The summed E-state index contributed by atoms with van der Waals surface area (Å²) in [6.45, 7) is 3.83. The van der Waals surface area contributed by atoms with Gasteiger partial charge in [-0.25, -0.2) is 4.39 Å². The molecule has 0 spiro atoms. The van der Waals surface area contributed by atoms with Crippen LogP contribution in [0.25, 0.3) is 0 Å². The van der Waals surface area contributed by atoms with Crippen molar-refractivity contribution in [3.8, 4) is 5.75 Å². The van der Waals surface area contributed by atoms with Crippen molar-refractivity contribution in [1.82, 2.24) is 10.1 Å². The maximum Gasteiger partial charge on any atom is 0.264 e. The minimum atomic E-state index is -0.418. The highest BCUT2D eigenvalue weighted by atomic mass is 19.1. The van der Waals surface area contributed by atoms with Gasteiger partial charge in [0, 0.05) is 12.5 Å². The number of aryl methyl sites for hydroxylation is 1. The number of para-hydroxylation sites is 1. The van der Waals surface area contributed by atoms with Gasteiger partial charge in [0.1, 0.15) is 0 Å². The average molecular weight is 279 g/mol. The fourth-order valence-electron chi connectivity index (χ4n) is 1.85. The molecule has 6 heteroatoms. The number of nitrogens with zero attached hydrogens (tertiary/aromatic N) is 2. The minimum absolute atomic E-state index is 0.0416. The number of hydrogen-bond acceptors (Lipinski definition) is 5. The second-order valence-corrected chi connectivity index (χ2v) is 4.66. The summed E-state index contributed by atoms with van der Waals surface area (Å²) in [5, 5.41) is 3.76. The molecule has 2 rings (SSSR count). The first-order valence-corrected chi connectivity index (χ1v) is 6.57. The Kier molecular flexibility index (Phi) is 4.68. The highest BCUT2D eigenvalue weighted by Gasteiger charge is 2.13. The number of halogens is 1. The topological polar surface area (TPSA) is 74.2 Å². The van der Waals surface area contributed by atoms with E-state index < -0.39 is 5.82 Å². The number of ether oxygens (including phenoxy) is 1. The average Bonchev–Trinajstić information content (AvgIpc) is 2.85. The highest BCUT2D eigenvalue weighted by molar-refractivity contribution is 5.35. The van der Waals surface area contributed by atoms with E-state index in [1.165, 1.54) is 6.07 Å². The largest absolute Gasteiger partial charge is 0.480 e. The lowest BCUT2D eigenvalue weighted by atomic mass is 10.1. The Balaban J connectivity index is 2.11. The molecule has 0 amide bonds.